The third kappa shape index (κ3) is 2.84. The second-order valence-electron chi connectivity index (χ2n) is 4.07. The highest BCUT2D eigenvalue weighted by Gasteiger charge is 2.14. The van der Waals surface area contributed by atoms with Crippen LogP contribution in [-0.2, 0) is 4.79 Å². The summed E-state index contributed by atoms with van der Waals surface area (Å²) < 4.78 is 1.93. The van der Waals surface area contributed by atoms with E-state index in [9.17, 15) is 4.79 Å². The molecule has 0 unspecified atom stereocenters. The lowest BCUT2D eigenvalue weighted by Crippen LogP contribution is -2.13. The van der Waals surface area contributed by atoms with E-state index in [4.69, 9.17) is 0 Å². The van der Waals surface area contributed by atoms with Gasteiger partial charge in [0.2, 0.25) is 5.91 Å². The number of nitrogens with zero attached hydrogens (tertiary/aromatic N) is 2. The van der Waals surface area contributed by atoms with Crippen LogP contribution in [0.4, 0.5) is 5.69 Å². The molecule has 5 heteroatoms. The first kappa shape index (κ1) is 13.2. The number of alkyl halides is 1. The molecular weight excluding hydrogens is 270 g/mol. The molecule has 0 fully saturated rings. The van der Waals surface area contributed by atoms with Gasteiger partial charge in [0.05, 0.1) is 17.1 Å². The average Bonchev–Trinajstić information content (AvgIpc) is 2.46. The van der Waals surface area contributed by atoms with Gasteiger partial charge in [0.15, 0.2) is 0 Å². The van der Waals surface area contributed by atoms with E-state index in [1.54, 1.807) is 0 Å². The summed E-state index contributed by atoms with van der Waals surface area (Å²) in [6, 6.07) is 0.306. The molecule has 0 radical (unpaired) electrons. The van der Waals surface area contributed by atoms with Crippen molar-refractivity contribution in [3.05, 3.63) is 11.4 Å². The Labute approximate surface area is 105 Å². The SMILES string of the molecule is Cc1nn(C(C)C)c(C)c1NC(=O)CCBr. The van der Waals surface area contributed by atoms with Crippen molar-refractivity contribution < 1.29 is 4.79 Å². The van der Waals surface area contributed by atoms with Crippen LogP contribution in [0, 0.1) is 13.8 Å². The van der Waals surface area contributed by atoms with Crippen LogP contribution >= 0.6 is 15.9 Å². The lowest BCUT2D eigenvalue weighted by Gasteiger charge is -2.09. The summed E-state index contributed by atoms with van der Waals surface area (Å²) in [6.07, 6.45) is 0.478. The Hall–Kier alpha value is -0.840. The van der Waals surface area contributed by atoms with E-state index in [1.807, 2.05) is 18.5 Å². The van der Waals surface area contributed by atoms with Crippen molar-refractivity contribution in [3.63, 3.8) is 0 Å². The minimum atomic E-state index is 0.0198. The van der Waals surface area contributed by atoms with Crippen molar-refractivity contribution in [1.82, 2.24) is 9.78 Å². The maximum absolute atomic E-state index is 11.5. The summed E-state index contributed by atoms with van der Waals surface area (Å²) in [5.74, 6) is 0.0198. The maximum Gasteiger partial charge on any atom is 0.225 e. The van der Waals surface area contributed by atoms with Gasteiger partial charge in [0.25, 0.3) is 0 Å². The molecule has 1 aromatic heterocycles. The second-order valence-corrected chi connectivity index (χ2v) is 4.86. The number of anilines is 1. The zero-order chi connectivity index (χ0) is 12.3. The van der Waals surface area contributed by atoms with Gasteiger partial charge in [0.1, 0.15) is 0 Å². The molecule has 0 atom stereocenters. The molecule has 0 saturated heterocycles. The van der Waals surface area contributed by atoms with E-state index in [2.05, 4.69) is 40.2 Å². The molecule has 0 aliphatic rings. The molecule has 0 aliphatic carbocycles. The standard InChI is InChI=1S/C11H18BrN3O/c1-7(2)15-9(4)11(8(3)14-15)13-10(16)5-6-12/h7H,5-6H2,1-4H3,(H,13,16). The van der Waals surface area contributed by atoms with Crippen LogP contribution in [0.5, 0.6) is 0 Å². The number of aryl methyl sites for hydroxylation is 1. The van der Waals surface area contributed by atoms with Gasteiger partial charge in [0, 0.05) is 17.8 Å². The normalized spacial score (nSPS) is 10.9. The van der Waals surface area contributed by atoms with Gasteiger partial charge in [-0.1, -0.05) is 15.9 Å². The van der Waals surface area contributed by atoms with Gasteiger partial charge in [-0.3, -0.25) is 9.48 Å². The van der Waals surface area contributed by atoms with Gasteiger partial charge in [-0.25, -0.2) is 0 Å². The predicted molar refractivity (Wildman–Crippen MR) is 69.1 cm³/mol. The first-order valence-corrected chi connectivity index (χ1v) is 6.51. The number of rotatable bonds is 4. The summed E-state index contributed by atoms with van der Waals surface area (Å²) >= 11 is 3.25. The number of aromatic nitrogens is 2. The highest BCUT2D eigenvalue weighted by molar-refractivity contribution is 9.09. The Morgan fingerprint density at radius 2 is 2.12 bits per heavy atom. The Balaban J connectivity index is 2.92. The minimum Gasteiger partial charge on any atom is -0.323 e. The molecule has 1 heterocycles. The van der Waals surface area contributed by atoms with Crippen molar-refractivity contribution in [2.75, 3.05) is 10.6 Å². The van der Waals surface area contributed by atoms with E-state index >= 15 is 0 Å². The predicted octanol–water partition coefficient (Wildman–Crippen LogP) is 2.80. The van der Waals surface area contributed by atoms with Crippen LogP contribution in [0.1, 0.15) is 37.7 Å². The number of hydrogen-bond donors (Lipinski definition) is 1. The quantitative estimate of drug-likeness (QED) is 0.866. The fourth-order valence-corrected chi connectivity index (χ4v) is 1.99. The van der Waals surface area contributed by atoms with E-state index < -0.39 is 0 Å². The fraction of sp³-hybridized carbons (Fsp3) is 0.636. The molecule has 0 spiro atoms. The summed E-state index contributed by atoms with van der Waals surface area (Å²) in [7, 11) is 0. The molecule has 0 aromatic carbocycles. The number of carbonyl (C=O) groups is 1. The minimum absolute atomic E-state index is 0.0198. The number of amides is 1. The average molecular weight is 288 g/mol. The molecule has 90 valence electrons. The summed E-state index contributed by atoms with van der Waals surface area (Å²) in [5, 5.41) is 7.99. The first-order chi connectivity index (χ1) is 7.47. The molecule has 0 bridgehead atoms. The van der Waals surface area contributed by atoms with Crippen molar-refractivity contribution in [3.8, 4) is 0 Å². The van der Waals surface area contributed by atoms with Gasteiger partial charge in [-0.05, 0) is 27.7 Å². The van der Waals surface area contributed by atoms with Crippen LogP contribution in [0.2, 0.25) is 0 Å². The number of nitrogens with one attached hydrogen (secondary N) is 1. The largest absolute Gasteiger partial charge is 0.323 e. The zero-order valence-corrected chi connectivity index (χ0v) is 11.8. The Kier molecular flexibility index (Phi) is 4.53. The number of hydrogen-bond acceptors (Lipinski definition) is 2. The first-order valence-electron chi connectivity index (χ1n) is 5.39. The topological polar surface area (TPSA) is 46.9 Å². The molecule has 1 rings (SSSR count). The van der Waals surface area contributed by atoms with Crippen molar-refractivity contribution in [1.29, 1.82) is 0 Å². The highest BCUT2D eigenvalue weighted by atomic mass is 79.9. The van der Waals surface area contributed by atoms with Crippen LogP contribution in [0.25, 0.3) is 0 Å². The molecule has 1 aromatic rings. The molecule has 0 aliphatic heterocycles. The Bertz CT molecular complexity index is 385. The van der Waals surface area contributed by atoms with E-state index in [-0.39, 0.29) is 5.91 Å². The molecule has 4 nitrogen and oxygen atoms in total. The lowest BCUT2D eigenvalue weighted by molar-refractivity contribution is -0.115. The van der Waals surface area contributed by atoms with Crippen molar-refractivity contribution in [2.45, 2.75) is 40.2 Å². The lowest BCUT2D eigenvalue weighted by atomic mass is 10.3. The summed E-state index contributed by atoms with van der Waals surface area (Å²) in [5.41, 5.74) is 2.73. The molecule has 1 amide bonds. The van der Waals surface area contributed by atoms with E-state index in [1.165, 1.54) is 0 Å². The second kappa shape index (κ2) is 5.48. The maximum atomic E-state index is 11.5. The van der Waals surface area contributed by atoms with Crippen molar-refractivity contribution in [2.24, 2.45) is 0 Å². The van der Waals surface area contributed by atoms with Gasteiger partial charge >= 0.3 is 0 Å². The fourth-order valence-electron chi connectivity index (χ4n) is 1.63. The summed E-state index contributed by atoms with van der Waals surface area (Å²) in [4.78, 5) is 11.5. The molecular formula is C11H18BrN3O. The highest BCUT2D eigenvalue weighted by Crippen LogP contribution is 2.22. The van der Waals surface area contributed by atoms with Crippen LogP contribution in [-0.4, -0.2) is 21.0 Å². The Morgan fingerprint density at radius 3 is 2.56 bits per heavy atom. The van der Waals surface area contributed by atoms with E-state index in [0.717, 1.165) is 17.1 Å². The molecule has 1 N–H and O–H groups in total. The van der Waals surface area contributed by atoms with Gasteiger partial charge < -0.3 is 5.32 Å². The van der Waals surface area contributed by atoms with Crippen LogP contribution < -0.4 is 5.32 Å². The van der Waals surface area contributed by atoms with Gasteiger partial charge in [-0.2, -0.15) is 5.10 Å². The third-order valence-electron chi connectivity index (χ3n) is 2.40. The van der Waals surface area contributed by atoms with Gasteiger partial charge in [-0.15, -0.1) is 0 Å². The summed E-state index contributed by atoms with van der Waals surface area (Å²) in [6.45, 7) is 8.03. The number of carbonyl (C=O) groups excluding carboxylic acids is 1. The van der Waals surface area contributed by atoms with E-state index in [0.29, 0.717) is 17.8 Å². The zero-order valence-electron chi connectivity index (χ0n) is 10.2. The smallest absolute Gasteiger partial charge is 0.225 e. The third-order valence-corrected chi connectivity index (χ3v) is 2.80. The molecule has 16 heavy (non-hydrogen) atoms. The monoisotopic (exact) mass is 287 g/mol. The molecule has 0 saturated carbocycles. The Morgan fingerprint density at radius 1 is 1.50 bits per heavy atom. The van der Waals surface area contributed by atoms with Crippen LogP contribution in [0.3, 0.4) is 0 Å². The number of halogens is 1. The van der Waals surface area contributed by atoms with Crippen LogP contribution in [0.15, 0.2) is 0 Å². The van der Waals surface area contributed by atoms with Crippen molar-refractivity contribution >= 4 is 27.5 Å².